The number of benzene rings is 2. The highest BCUT2D eigenvalue weighted by Crippen LogP contribution is 2.38. The van der Waals surface area contributed by atoms with Crippen LogP contribution in [0.3, 0.4) is 0 Å². The highest BCUT2D eigenvalue weighted by Gasteiger charge is 2.34. The van der Waals surface area contributed by atoms with Gasteiger partial charge in [0.2, 0.25) is 21.7 Å². The SMILES string of the molecule is COc1ccc(S(=O)(=O)N2CCC[C@H](C(=O)N(C)Cc3cc(OC)c(OC)c(OC)c3)C2)cc1. The molecule has 0 N–H and O–H groups in total. The molecule has 3 rings (SSSR count). The lowest BCUT2D eigenvalue weighted by molar-refractivity contribution is -0.135. The molecule has 2 aromatic rings. The highest BCUT2D eigenvalue weighted by molar-refractivity contribution is 7.89. The lowest BCUT2D eigenvalue weighted by Crippen LogP contribution is -2.45. The van der Waals surface area contributed by atoms with E-state index in [-0.39, 0.29) is 17.3 Å². The highest BCUT2D eigenvalue weighted by atomic mass is 32.2. The van der Waals surface area contributed by atoms with Gasteiger partial charge in [0.25, 0.3) is 0 Å². The number of carbonyl (C=O) groups excluding carboxylic acids is 1. The van der Waals surface area contributed by atoms with E-state index in [4.69, 9.17) is 18.9 Å². The average Bonchev–Trinajstić information content (AvgIpc) is 2.87. The Morgan fingerprint density at radius 3 is 2.15 bits per heavy atom. The molecule has 1 heterocycles. The van der Waals surface area contributed by atoms with Crippen molar-refractivity contribution in [2.24, 2.45) is 5.92 Å². The molecule has 0 radical (unpaired) electrons. The van der Waals surface area contributed by atoms with Gasteiger partial charge in [-0.2, -0.15) is 4.31 Å². The van der Waals surface area contributed by atoms with Crippen LogP contribution in [0.15, 0.2) is 41.3 Å². The maximum Gasteiger partial charge on any atom is 0.243 e. The van der Waals surface area contributed by atoms with Gasteiger partial charge in [0.1, 0.15) is 5.75 Å². The van der Waals surface area contributed by atoms with Gasteiger partial charge in [-0.15, -0.1) is 0 Å². The van der Waals surface area contributed by atoms with E-state index in [9.17, 15) is 13.2 Å². The van der Waals surface area contributed by atoms with E-state index in [0.29, 0.717) is 48.9 Å². The van der Waals surface area contributed by atoms with Crippen LogP contribution in [0.4, 0.5) is 0 Å². The molecule has 34 heavy (non-hydrogen) atoms. The Kier molecular flexibility index (Phi) is 8.27. The molecule has 0 spiro atoms. The lowest BCUT2D eigenvalue weighted by atomic mass is 9.98. The van der Waals surface area contributed by atoms with Gasteiger partial charge < -0.3 is 23.8 Å². The third-order valence-electron chi connectivity index (χ3n) is 5.95. The molecule has 9 nitrogen and oxygen atoms in total. The van der Waals surface area contributed by atoms with E-state index in [1.807, 2.05) is 0 Å². The Bertz CT molecular complexity index is 1080. The van der Waals surface area contributed by atoms with Crippen LogP contribution in [-0.4, -0.2) is 72.1 Å². The van der Waals surface area contributed by atoms with Crippen molar-refractivity contribution in [3.8, 4) is 23.0 Å². The van der Waals surface area contributed by atoms with Crippen LogP contribution in [0.1, 0.15) is 18.4 Å². The Hall–Kier alpha value is -2.98. The number of ether oxygens (including phenoxy) is 4. The topological polar surface area (TPSA) is 94.6 Å². The van der Waals surface area contributed by atoms with Crippen molar-refractivity contribution in [2.45, 2.75) is 24.3 Å². The maximum atomic E-state index is 13.2. The predicted molar refractivity (Wildman–Crippen MR) is 127 cm³/mol. The minimum atomic E-state index is -3.70. The van der Waals surface area contributed by atoms with Crippen LogP contribution < -0.4 is 18.9 Å². The fourth-order valence-electron chi connectivity index (χ4n) is 4.15. The molecular weight excluding hydrogens is 460 g/mol. The molecule has 0 unspecified atom stereocenters. The normalized spacial score (nSPS) is 16.6. The molecule has 186 valence electrons. The van der Waals surface area contributed by atoms with Crippen LogP contribution in [0.2, 0.25) is 0 Å². The van der Waals surface area contributed by atoms with Crippen LogP contribution in [0.25, 0.3) is 0 Å². The predicted octanol–water partition coefficient (Wildman–Crippen LogP) is 2.78. The van der Waals surface area contributed by atoms with Crippen LogP contribution in [0, 0.1) is 5.92 Å². The van der Waals surface area contributed by atoms with Gasteiger partial charge in [-0.25, -0.2) is 8.42 Å². The third kappa shape index (κ3) is 5.39. The molecule has 1 amide bonds. The summed E-state index contributed by atoms with van der Waals surface area (Å²) in [5.74, 6) is 1.55. The van der Waals surface area contributed by atoms with E-state index < -0.39 is 15.9 Å². The zero-order valence-corrected chi connectivity index (χ0v) is 21.1. The van der Waals surface area contributed by atoms with Crippen molar-refractivity contribution in [3.63, 3.8) is 0 Å². The number of amides is 1. The first-order chi connectivity index (χ1) is 16.2. The molecule has 2 aromatic carbocycles. The van der Waals surface area contributed by atoms with Crippen molar-refractivity contribution in [1.82, 2.24) is 9.21 Å². The number of hydrogen-bond donors (Lipinski definition) is 0. The van der Waals surface area contributed by atoms with Gasteiger partial charge in [0, 0.05) is 26.7 Å². The minimum Gasteiger partial charge on any atom is -0.497 e. The van der Waals surface area contributed by atoms with Gasteiger partial charge in [0.05, 0.1) is 39.3 Å². The average molecular weight is 493 g/mol. The van der Waals surface area contributed by atoms with E-state index in [2.05, 4.69) is 0 Å². The summed E-state index contributed by atoms with van der Waals surface area (Å²) in [6.45, 7) is 0.846. The molecule has 0 saturated carbocycles. The van der Waals surface area contributed by atoms with E-state index in [1.165, 1.54) is 44.9 Å². The second kappa shape index (κ2) is 11.0. The molecule has 10 heteroatoms. The Labute approximate surface area is 201 Å². The standard InChI is InChI=1S/C24H32N2O7S/c1-25(15-17-13-21(31-3)23(33-5)22(14-17)32-4)24(27)18-7-6-12-26(16-18)34(28,29)20-10-8-19(30-2)9-11-20/h8-11,13-14,18H,6-7,12,15-16H2,1-5H3/t18-/m0/s1. The van der Waals surface area contributed by atoms with Crippen molar-refractivity contribution >= 4 is 15.9 Å². The first-order valence-corrected chi connectivity index (χ1v) is 12.4. The molecule has 0 aliphatic carbocycles. The first-order valence-electron chi connectivity index (χ1n) is 10.9. The minimum absolute atomic E-state index is 0.108. The van der Waals surface area contributed by atoms with Crippen molar-refractivity contribution in [1.29, 1.82) is 0 Å². The zero-order chi connectivity index (χ0) is 24.9. The Morgan fingerprint density at radius 1 is 1.00 bits per heavy atom. The fraction of sp³-hybridized carbons (Fsp3) is 0.458. The summed E-state index contributed by atoms with van der Waals surface area (Å²) in [5.41, 5.74) is 0.809. The lowest BCUT2D eigenvalue weighted by Gasteiger charge is -2.33. The number of methoxy groups -OCH3 is 4. The van der Waals surface area contributed by atoms with Crippen molar-refractivity contribution in [3.05, 3.63) is 42.0 Å². The van der Waals surface area contributed by atoms with Gasteiger partial charge >= 0.3 is 0 Å². The number of nitrogens with zero attached hydrogens (tertiary/aromatic N) is 2. The molecular formula is C24H32N2O7S. The number of rotatable bonds is 9. The summed E-state index contributed by atoms with van der Waals surface area (Å²) >= 11 is 0. The van der Waals surface area contributed by atoms with Gasteiger partial charge in [-0.1, -0.05) is 0 Å². The Morgan fingerprint density at radius 2 is 1.62 bits per heavy atom. The molecule has 1 atom stereocenters. The number of hydrogen-bond acceptors (Lipinski definition) is 7. The summed E-state index contributed by atoms with van der Waals surface area (Å²) < 4.78 is 48.9. The van der Waals surface area contributed by atoms with Gasteiger partial charge in [-0.05, 0) is 54.8 Å². The smallest absolute Gasteiger partial charge is 0.243 e. The van der Waals surface area contributed by atoms with E-state index in [0.717, 1.165) is 5.56 Å². The largest absolute Gasteiger partial charge is 0.497 e. The summed E-state index contributed by atoms with van der Waals surface area (Å²) in [4.78, 5) is 15.0. The summed E-state index contributed by atoms with van der Waals surface area (Å²) in [5, 5.41) is 0. The first kappa shape index (κ1) is 25.6. The van der Waals surface area contributed by atoms with Crippen LogP contribution >= 0.6 is 0 Å². The second-order valence-electron chi connectivity index (χ2n) is 8.11. The quantitative estimate of drug-likeness (QED) is 0.531. The van der Waals surface area contributed by atoms with Crippen LogP contribution in [0.5, 0.6) is 23.0 Å². The maximum absolute atomic E-state index is 13.2. The zero-order valence-electron chi connectivity index (χ0n) is 20.2. The Balaban J connectivity index is 1.73. The monoisotopic (exact) mass is 492 g/mol. The second-order valence-corrected chi connectivity index (χ2v) is 10.0. The summed E-state index contributed by atoms with van der Waals surface area (Å²) in [6, 6.07) is 9.88. The molecule has 1 saturated heterocycles. The number of carbonyl (C=O) groups is 1. The van der Waals surface area contributed by atoms with E-state index >= 15 is 0 Å². The fourth-order valence-corrected chi connectivity index (χ4v) is 5.67. The summed E-state index contributed by atoms with van der Waals surface area (Å²) in [7, 11) is 4.14. The van der Waals surface area contributed by atoms with Crippen LogP contribution in [-0.2, 0) is 21.4 Å². The molecule has 0 bridgehead atoms. The van der Waals surface area contributed by atoms with Crippen molar-refractivity contribution in [2.75, 3.05) is 48.6 Å². The van der Waals surface area contributed by atoms with E-state index in [1.54, 1.807) is 36.2 Å². The molecule has 1 fully saturated rings. The van der Waals surface area contributed by atoms with Gasteiger partial charge in [0.15, 0.2) is 11.5 Å². The molecule has 0 aromatic heterocycles. The van der Waals surface area contributed by atoms with Gasteiger partial charge in [-0.3, -0.25) is 4.79 Å². The summed E-state index contributed by atoms with van der Waals surface area (Å²) in [6.07, 6.45) is 1.25. The van der Waals surface area contributed by atoms with Crippen molar-refractivity contribution < 1.29 is 32.2 Å². The molecule has 1 aliphatic rings. The number of piperidine rings is 1. The molecule has 1 aliphatic heterocycles. The third-order valence-corrected chi connectivity index (χ3v) is 7.83. The number of sulfonamides is 1.